The smallest absolute Gasteiger partial charge is 0.407 e. The predicted molar refractivity (Wildman–Crippen MR) is 229 cm³/mol. The maximum atomic E-state index is 14.9. The van der Waals surface area contributed by atoms with Crippen molar-refractivity contribution in [3.8, 4) is 34.0 Å². The number of carbonyl (C=O) groups is 3. The van der Waals surface area contributed by atoms with Crippen molar-refractivity contribution < 1.29 is 42.1 Å². The van der Waals surface area contributed by atoms with Crippen molar-refractivity contribution in [2.75, 3.05) is 33.9 Å². The van der Waals surface area contributed by atoms with E-state index in [9.17, 15) is 23.2 Å². The summed E-state index contributed by atoms with van der Waals surface area (Å²) < 4.78 is 52.7. The van der Waals surface area contributed by atoms with Crippen molar-refractivity contribution in [3.05, 3.63) is 83.8 Å². The zero-order valence-electron chi connectivity index (χ0n) is 35.9. The molecule has 0 spiro atoms. The van der Waals surface area contributed by atoms with E-state index in [-0.39, 0.29) is 38.0 Å². The van der Waals surface area contributed by atoms with Crippen molar-refractivity contribution in [3.63, 3.8) is 0 Å². The molecule has 9 rings (SSSR count). The van der Waals surface area contributed by atoms with Crippen molar-refractivity contribution >= 4 is 29.2 Å². The number of benzene rings is 2. The van der Waals surface area contributed by atoms with Crippen LogP contribution in [0.25, 0.3) is 33.7 Å². The monoisotopic (exact) mass is 866 g/mol. The molecule has 1 unspecified atom stereocenters. The Balaban J connectivity index is 0.953. The number of rotatable bonds is 11. The summed E-state index contributed by atoms with van der Waals surface area (Å²) in [7, 11) is 2.52. The van der Waals surface area contributed by atoms with Gasteiger partial charge in [-0.3, -0.25) is 4.79 Å². The second kappa shape index (κ2) is 16.7. The SMILES string of the molecule is C=C([C@H](C)NC(=O)OC)N1C[C@H](F)C[C@H]1c1ncc(-c2ccc3c(c2)OC(C2CC2)C2=C3COc3cc(-c4cnc([C@@H]5C[C@@H](F)CN5C(=O)[C@@H](NC(=O)OC)C(C)C)[nH]4)ccc32)[nH]1. The third kappa shape index (κ3) is 7.97. The van der Waals surface area contributed by atoms with Gasteiger partial charge in [-0.15, -0.1) is 0 Å². The molecule has 1 aliphatic carbocycles. The second-order valence-corrected chi connectivity index (χ2v) is 17.4. The van der Waals surface area contributed by atoms with Gasteiger partial charge in [-0.25, -0.2) is 28.3 Å². The zero-order valence-corrected chi connectivity index (χ0v) is 35.9. The number of alkyl carbamates (subject to hydrolysis) is 2. The Morgan fingerprint density at radius 3 is 2.00 bits per heavy atom. The topological polar surface area (TPSA) is 176 Å². The molecular formula is C46H52F2N8O7. The molecule has 0 radical (unpaired) electrons. The molecule has 3 fully saturated rings. The molecule has 4 aromatic rings. The molecule has 63 heavy (non-hydrogen) atoms. The van der Waals surface area contributed by atoms with E-state index >= 15 is 0 Å². The number of alkyl halides is 2. The number of carbonyl (C=O) groups excluding carboxylic acids is 3. The van der Waals surface area contributed by atoms with Crippen LogP contribution in [0.2, 0.25) is 0 Å². The van der Waals surface area contributed by atoms with Crippen LogP contribution in [-0.2, 0) is 14.3 Å². The zero-order chi connectivity index (χ0) is 44.3. The molecule has 332 valence electrons. The van der Waals surface area contributed by atoms with Gasteiger partial charge in [-0.05, 0) is 37.8 Å². The number of hydrogen-bond donors (Lipinski definition) is 4. The third-order valence-corrected chi connectivity index (χ3v) is 12.9. The van der Waals surface area contributed by atoms with Crippen molar-refractivity contribution in [2.24, 2.45) is 11.8 Å². The van der Waals surface area contributed by atoms with Crippen molar-refractivity contribution in [2.45, 2.75) is 89.1 Å². The third-order valence-electron chi connectivity index (χ3n) is 12.9. The molecule has 2 aromatic heterocycles. The first-order valence-electron chi connectivity index (χ1n) is 21.5. The highest BCUT2D eigenvalue weighted by atomic mass is 19.1. The van der Waals surface area contributed by atoms with Crippen LogP contribution in [0.5, 0.6) is 11.5 Å². The first-order valence-corrected chi connectivity index (χ1v) is 21.5. The van der Waals surface area contributed by atoms with Gasteiger partial charge in [-0.1, -0.05) is 44.7 Å². The predicted octanol–water partition coefficient (Wildman–Crippen LogP) is 7.28. The standard InChI is InChI=1S/C46H52F2N8O7/c1-22(2)40(54-46(59)61-6)44(57)56-20-29(48)16-36(56)43-50-17-33(53-43)26-10-12-31-37(13-26)62-21-32-30-11-9-27(14-38(30)63-41(39(31)32)25-7-8-25)34-18-49-42(52-34)35-15-28(47)19-55(35)24(4)23(3)51-45(58)60-5/h9-14,17-18,22-23,25,28-29,35-36,40-41H,4,7-8,15-16,19-21H2,1-3,5-6H3,(H,49,52)(H,50,53)(H,51,58)(H,54,59)/t23-,28+,29+,35-,36-,40-,41?/m0/s1. The molecule has 7 atom stereocenters. The summed E-state index contributed by atoms with van der Waals surface area (Å²) in [5, 5.41) is 5.31. The number of methoxy groups -OCH3 is 2. The molecule has 1 saturated carbocycles. The summed E-state index contributed by atoms with van der Waals surface area (Å²) in [5.74, 6) is 2.23. The first kappa shape index (κ1) is 41.9. The summed E-state index contributed by atoms with van der Waals surface area (Å²) in [6.07, 6.45) is 2.03. The summed E-state index contributed by atoms with van der Waals surface area (Å²) in [5.41, 5.74) is 7.82. The lowest BCUT2D eigenvalue weighted by molar-refractivity contribution is -0.135. The number of imidazole rings is 2. The maximum absolute atomic E-state index is 14.9. The van der Waals surface area contributed by atoms with E-state index in [1.807, 2.05) is 55.1 Å². The molecule has 2 aromatic carbocycles. The Morgan fingerprint density at radius 1 is 0.825 bits per heavy atom. The van der Waals surface area contributed by atoms with E-state index in [0.717, 1.165) is 57.7 Å². The minimum atomic E-state index is -1.24. The lowest BCUT2D eigenvalue weighted by atomic mass is 9.84. The number of nitrogens with one attached hydrogen (secondary N) is 4. The van der Waals surface area contributed by atoms with Gasteiger partial charge in [0, 0.05) is 64.4 Å². The molecule has 0 bridgehead atoms. The fraction of sp³-hybridized carbons (Fsp3) is 0.457. The first-order chi connectivity index (χ1) is 30.3. The molecule has 6 heterocycles. The normalized spacial score (nSPS) is 23.5. The quantitative estimate of drug-likeness (QED) is 0.120. The summed E-state index contributed by atoms with van der Waals surface area (Å²) in [6, 6.07) is 9.72. The number of ether oxygens (including phenoxy) is 4. The Morgan fingerprint density at radius 2 is 1.40 bits per heavy atom. The van der Waals surface area contributed by atoms with Crippen molar-refractivity contribution in [1.82, 2.24) is 40.4 Å². The Bertz CT molecular complexity index is 2480. The number of H-pyrrole nitrogens is 2. The second-order valence-electron chi connectivity index (χ2n) is 17.4. The Hall–Kier alpha value is -6.39. The average Bonchev–Trinajstić information content (AvgIpc) is 3.60. The van der Waals surface area contributed by atoms with Gasteiger partial charge in [0.2, 0.25) is 5.91 Å². The van der Waals surface area contributed by atoms with Gasteiger partial charge in [0.05, 0.1) is 62.7 Å². The molecule has 2 saturated heterocycles. The summed E-state index contributed by atoms with van der Waals surface area (Å²) in [4.78, 5) is 56.9. The Labute approximate surface area is 363 Å². The van der Waals surface area contributed by atoms with Crippen LogP contribution in [0.1, 0.15) is 81.3 Å². The molecule has 17 heteroatoms. The van der Waals surface area contributed by atoms with Gasteiger partial charge in [0.15, 0.2) is 0 Å². The summed E-state index contributed by atoms with van der Waals surface area (Å²) in [6.45, 7) is 9.93. The number of amides is 3. The molecule has 5 aliphatic rings. The number of hydrogen-bond acceptors (Lipinski definition) is 10. The number of aromatic amines is 2. The molecule has 4 aliphatic heterocycles. The minimum Gasteiger partial charge on any atom is -0.488 e. The van der Waals surface area contributed by atoms with Gasteiger partial charge in [0.25, 0.3) is 0 Å². The molecule has 15 nitrogen and oxygen atoms in total. The van der Waals surface area contributed by atoms with Crippen LogP contribution in [-0.4, -0.2) is 112 Å². The van der Waals surface area contributed by atoms with Crippen LogP contribution in [0, 0.1) is 11.8 Å². The van der Waals surface area contributed by atoms with Crippen LogP contribution in [0.4, 0.5) is 18.4 Å². The van der Waals surface area contributed by atoms with E-state index in [0.29, 0.717) is 41.3 Å². The van der Waals surface area contributed by atoms with Gasteiger partial charge in [-0.2, -0.15) is 0 Å². The number of halogens is 2. The van der Waals surface area contributed by atoms with E-state index in [4.69, 9.17) is 18.9 Å². The number of fused-ring (bicyclic) bond motifs is 4. The number of likely N-dealkylation sites (tertiary alicyclic amines) is 2. The van der Waals surface area contributed by atoms with E-state index in [1.165, 1.54) is 19.1 Å². The lowest BCUT2D eigenvalue weighted by Crippen LogP contribution is -2.51. The van der Waals surface area contributed by atoms with Gasteiger partial charge >= 0.3 is 12.2 Å². The lowest BCUT2D eigenvalue weighted by Gasteiger charge is -2.35. The van der Waals surface area contributed by atoms with Crippen LogP contribution in [0.3, 0.4) is 0 Å². The average molecular weight is 867 g/mol. The van der Waals surface area contributed by atoms with E-state index in [2.05, 4.69) is 37.1 Å². The number of aromatic nitrogens is 4. The largest absolute Gasteiger partial charge is 0.488 e. The highest BCUT2D eigenvalue weighted by Crippen LogP contribution is 2.53. The fourth-order valence-corrected chi connectivity index (χ4v) is 9.33. The molecule has 3 amide bonds. The summed E-state index contributed by atoms with van der Waals surface area (Å²) >= 11 is 0. The maximum Gasteiger partial charge on any atom is 0.407 e. The van der Waals surface area contributed by atoms with Gasteiger partial charge in [0.1, 0.15) is 54.2 Å². The highest BCUT2D eigenvalue weighted by molar-refractivity contribution is 6.00. The number of nitrogens with zero attached hydrogens (tertiary/aromatic N) is 4. The highest BCUT2D eigenvalue weighted by Gasteiger charge is 2.44. The molecule has 4 N–H and O–H groups in total. The minimum absolute atomic E-state index is 0.0787. The van der Waals surface area contributed by atoms with E-state index < -0.39 is 54.6 Å². The van der Waals surface area contributed by atoms with Crippen LogP contribution < -0.4 is 20.1 Å². The van der Waals surface area contributed by atoms with Crippen molar-refractivity contribution in [1.29, 1.82) is 0 Å². The van der Waals surface area contributed by atoms with Crippen LogP contribution in [0.15, 0.2) is 61.1 Å². The fourth-order valence-electron chi connectivity index (χ4n) is 9.33. The molecular weight excluding hydrogens is 815 g/mol. The van der Waals surface area contributed by atoms with Crippen LogP contribution >= 0.6 is 0 Å². The Kier molecular flexibility index (Phi) is 11.1. The van der Waals surface area contributed by atoms with E-state index in [1.54, 1.807) is 19.3 Å². The van der Waals surface area contributed by atoms with Gasteiger partial charge < -0.3 is 49.3 Å².